The van der Waals surface area contributed by atoms with Crippen molar-refractivity contribution in [2.75, 3.05) is 6.61 Å². The minimum atomic E-state index is -0.338. The smallest absolute Gasteiger partial charge is 0.330 e. The van der Waals surface area contributed by atoms with Crippen LogP contribution in [0.2, 0.25) is 0 Å². The third kappa shape index (κ3) is 6.29. The number of rotatable bonds is 8. The number of hydrogen-bond acceptors (Lipinski definition) is 4. The molecule has 0 amide bonds. The lowest BCUT2D eigenvalue weighted by atomic mass is 9.47. The molecule has 0 heterocycles. The monoisotopic (exact) mass is 454 g/mol. The fraction of sp³-hybridized carbons (Fsp3) is 0.621. The molecule has 182 valence electrons. The number of aromatic hydroxyl groups is 1. The molecule has 0 aliphatic heterocycles. The van der Waals surface area contributed by atoms with Crippen molar-refractivity contribution in [2.24, 2.45) is 28.6 Å². The van der Waals surface area contributed by atoms with Gasteiger partial charge in [0.15, 0.2) is 0 Å². The van der Waals surface area contributed by atoms with Crippen LogP contribution in [-0.4, -0.2) is 28.9 Å². The molecule has 3 rings (SSSR count). The van der Waals surface area contributed by atoms with Crippen molar-refractivity contribution in [1.29, 1.82) is 0 Å². The first-order valence-corrected chi connectivity index (χ1v) is 12.5. The molecule has 1 aromatic rings. The molecule has 0 aromatic heterocycles. The number of phenols is 1. The van der Waals surface area contributed by atoms with Gasteiger partial charge >= 0.3 is 5.97 Å². The zero-order chi connectivity index (χ0) is 24.2. The predicted molar refractivity (Wildman–Crippen MR) is 134 cm³/mol. The Labute approximate surface area is 199 Å². The van der Waals surface area contributed by atoms with E-state index >= 15 is 0 Å². The standard InChI is InChI=1S/C29H42O4/c1-20(16-17-33-27(32)15-10-22-8-11-23(30)12-9-22)6-13-25-21(2)7-14-26-28(3,4)18-24(31)19-29(25,26)5/h7-12,15,20,24-26,30-31H,6,13-14,16-19H2,1-5H3. The second-order valence-electron chi connectivity index (χ2n) is 11.4. The van der Waals surface area contributed by atoms with Gasteiger partial charge in [-0.15, -0.1) is 0 Å². The Morgan fingerprint density at radius 3 is 2.58 bits per heavy atom. The van der Waals surface area contributed by atoms with E-state index < -0.39 is 0 Å². The molecule has 1 fully saturated rings. The Hall–Kier alpha value is -2.07. The lowest BCUT2D eigenvalue weighted by Crippen LogP contribution is -2.52. The Bertz CT molecular complexity index is 866. The topological polar surface area (TPSA) is 66.8 Å². The maximum atomic E-state index is 12.0. The van der Waals surface area contributed by atoms with Crippen molar-refractivity contribution in [1.82, 2.24) is 0 Å². The van der Waals surface area contributed by atoms with Crippen LogP contribution in [0, 0.1) is 28.6 Å². The number of esters is 1. The molecule has 0 saturated heterocycles. The summed E-state index contributed by atoms with van der Waals surface area (Å²) in [7, 11) is 0. The third-order valence-corrected chi connectivity index (χ3v) is 8.31. The highest BCUT2D eigenvalue weighted by atomic mass is 16.5. The molecule has 0 radical (unpaired) electrons. The largest absolute Gasteiger partial charge is 0.508 e. The van der Waals surface area contributed by atoms with Crippen LogP contribution in [0.3, 0.4) is 0 Å². The van der Waals surface area contributed by atoms with Crippen molar-refractivity contribution in [3.8, 4) is 5.75 Å². The summed E-state index contributed by atoms with van der Waals surface area (Å²) in [5.74, 6) is 1.45. The van der Waals surface area contributed by atoms with E-state index in [0.717, 1.165) is 44.1 Å². The average molecular weight is 455 g/mol. The van der Waals surface area contributed by atoms with Crippen LogP contribution in [0.25, 0.3) is 6.08 Å². The summed E-state index contributed by atoms with van der Waals surface area (Å²) >= 11 is 0. The molecular formula is C29H42O4. The fourth-order valence-electron chi connectivity index (χ4n) is 6.62. The molecule has 2 N–H and O–H groups in total. The number of fused-ring (bicyclic) bond motifs is 1. The van der Waals surface area contributed by atoms with E-state index in [4.69, 9.17) is 4.74 Å². The van der Waals surface area contributed by atoms with Gasteiger partial charge in [-0.3, -0.25) is 0 Å². The normalized spacial score (nSPS) is 29.9. The number of aliphatic hydroxyl groups is 1. The highest BCUT2D eigenvalue weighted by Gasteiger charge is 2.53. The van der Waals surface area contributed by atoms with Gasteiger partial charge in [0.25, 0.3) is 0 Å². The van der Waals surface area contributed by atoms with Crippen LogP contribution in [-0.2, 0) is 9.53 Å². The van der Waals surface area contributed by atoms with Gasteiger partial charge in [0.05, 0.1) is 12.7 Å². The van der Waals surface area contributed by atoms with E-state index in [0.29, 0.717) is 24.4 Å². The van der Waals surface area contributed by atoms with E-state index in [1.165, 1.54) is 11.6 Å². The van der Waals surface area contributed by atoms with Gasteiger partial charge < -0.3 is 14.9 Å². The van der Waals surface area contributed by atoms with E-state index in [1.807, 2.05) is 0 Å². The van der Waals surface area contributed by atoms with Crippen LogP contribution in [0.15, 0.2) is 42.0 Å². The summed E-state index contributed by atoms with van der Waals surface area (Å²) in [6.45, 7) is 12.0. The van der Waals surface area contributed by atoms with Gasteiger partial charge in [0.2, 0.25) is 0 Å². The van der Waals surface area contributed by atoms with Crippen LogP contribution >= 0.6 is 0 Å². The maximum Gasteiger partial charge on any atom is 0.330 e. The van der Waals surface area contributed by atoms with Crippen molar-refractivity contribution >= 4 is 12.0 Å². The lowest BCUT2D eigenvalue weighted by molar-refractivity contribution is -0.138. The molecule has 33 heavy (non-hydrogen) atoms. The predicted octanol–water partition coefficient (Wildman–Crippen LogP) is 6.52. The number of ether oxygens (including phenoxy) is 1. The summed E-state index contributed by atoms with van der Waals surface area (Å²) in [4.78, 5) is 12.0. The first kappa shape index (κ1) is 25.6. The van der Waals surface area contributed by atoms with Crippen LogP contribution in [0.4, 0.5) is 0 Å². The molecule has 1 saturated carbocycles. The number of benzene rings is 1. The fourth-order valence-corrected chi connectivity index (χ4v) is 6.62. The SMILES string of the molecule is CC1=CCC2C(C)(C)CC(O)CC2(C)C1CCC(C)CCOC(=O)C=Cc1ccc(O)cc1. The first-order chi connectivity index (χ1) is 15.5. The lowest BCUT2D eigenvalue weighted by Gasteiger charge is -2.58. The average Bonchev–Trinajstić information content (AvgIpc) is 2.71. The first-order valence-electron chi connectivity index (χ1n) is 12.5. The van der Waals surface area contributed by atoms with Gasteiger partial charge in [-0.25, -0.2) is 4.79 Å². The summed E-state index contributed by atoms with van der Waals surface area (Å²) in [5, 5.41) is 20.0. The van der Waals surface area contributed by atoms with Crippen LogP contribution < -0.4 is 0 Å². The summed E-state index contributed by atoms with van der Waals surface area (Å²) in [6, 6.07) is 6.68. The highest BCUT2D eigenvalue weighted by Crippen LogP contribution is 2.60. The second-order valence-corrected chi connectivity index (χ2v) is 11.4. The Morgan fingerprint density at radius 2 is 1.88 bits per heavy atom. The minimum absolute atomic E-state index is 0.144. The minimum Gasteiger partial charge on any atom is -0.508 e. The van der Waals surface area contributed by atoms with Gasteiger partial charge in [-0.1, -0.05) is 51.5 Å². The number of phenolic OH excluding ortho intramolecular Hbond substituents is 1. The molecule has 4 heteroatoms. The third-order valence-electron chi connectivity index (χ3n) is 8.31. The van der Waals surface area contributed by atoms with Gasteiger partial charge in [0.1, 0.15) is 5.75 Å². The second kappa shape index (κ2) is 10.5. The molecule has 4 nitrogen and oxygen atoms in total. The number of allylic oxidation sites excluding steroid dienone is 2. The molecule has 2 aliphatic carbocycles. The number of carbonyl (C=O) groups is 1. The zero-order valence-electron chi connectivity index (χ0n) is 21.0. The number of hydrogen-bond donors (Lipinski definition) is 2. The van der Waals surface area contributed by atoms with Crippen molar-refractivity contribution < 1.29 is 19.7 Å². The molecule has 2 aliphatic rings. The van der Waals surface area contributed by atoms with Gasteiger partial charge in [-0.05, 0) is 97.8 Å². The van der Waals surface area contributed by atoms with E-state index in [9.17, 15) is 15.0 Å². The quantitative estimate of drug-likeness (QED) is 0.266. The Kier molecular flexibility index (Phi) is 8.10. The summed E-state index contributed by atoms with van der Waals surface area (Å²) in [5.41, 5.74) is 2.63. The van der Waals surface area contributed by atoms with Crippen LogP contribution in [0.1, 0.15) is 78.7 Å². The summed E-state index contributed by atoms with van der Waals surface area (Å²) < 4.78 is 5.40. The molecule has 0 spiro atoms. The number of aliphatic hydroxyl groups excluding tert-OH is 1. The Morgan fingerprint density at radius 1 is 1.18 bits per heavy atom. The van der Waals surface area contributed by atoms with E-state index in [-0.39, 0.29) is 28.7 Å². The molecule has 1 aromatic carbocycles. The van der Waals surface area contributed by atoms with Crippen molar-refractivity contribution in [3.63, 3.8) is 0 Å². The maximum absolute atomic E-state index is 12.0. The Balaban J connectivity index is 1.48. The molecule has 5 atom stereocenters. The summed E-state index contributed by atoms with van der Waals surface area (Å²) in [6.07, 6.45) is 11.4. The van der Waals surface area contributed by atoms with E-state index in [1.54, 1.807) is 30.3 Å². The van der Waals surface area contributed by atoms with Crippen molar-refractivity contribution in [3.05, 3.63) is 47.6 Å². The van der Waals surface area contributed by atoms with Gasteiger partial charge in [0, 0.05) is 6.08 Å². The number of carbonyl (C=O) groups excluding carboxylic acids is 1. The molecule has 5 unspecified atom stereocenters. The molecule has 0 bridgehead atoms. The van der Waals surface area contributed by atoms with Crippen LogP contribution in [0.5, 0.6) is 5.75 Å². The van der Waals surface area contributed by atoms with Gasteiger partial charge in [-0.2, -0.15) is 0 Å². The molecular weight excluding hydrogens is 412 g/mol. The van der Waals surface area contributed by atoms with Crippen molar-refractivity contribution in [2.45, 2.75) is 79.2 Å². The zero-order valence-corrected chi connectivity index (χ0v) is 21.0. The highest BCUT2D eigenvalue weighted by molar-refractivity contribution is 5.87. The van der Waals surface area contributed by atoms with E-state index in [2.05, 4.69) is 40.7 Å².